The van der Waals surface area contributed by atoms with Gasteiger partial charge in [0.2, 0.25) is 0 Å². The first-order chi connectivity index (χ1) is 18.2. The Morgan fingerprint density at radius 1 is 0.947 bits per heavy atom. The molecule has 0 aliphatic carbocycles. The van der Waals surface area contributed by atoms with Crippen LogP contribution >= 0.6 is 0 Å². The number of nitrogens with zero attached hydrogens (tertiary/aromatic N) is 3. The Morgan fingerprint density at radius 2 is 1.58 bits per heavy atom. The van der Waals surface area contributed by atoms with Crippen LogP contribution in [0.4, 0.5) is 15.8 Å². The van der Waals surface area contributed by atoms with Crippen LogP contribution < -0.4 is 9.62 Å². The molecule has 0 bridgehead atoms. The van der Waals surface area contributed by atoms with Crippen molar-refractivity contribution in [2.45, 2.75) is 6.54 Å². The second-order valence-corrected chi connectivity index (χ2v) is 10.9. The van der Waals surface area contributed by atoms with Crippen LogP contribution in [0.15, 0.2) is 72.8 Å². The smallest absolute Gasteiger partial charge is 0.303 e. The van der Waals surface area contributed by atoms with E-state index in [1.54, 1.807) is 59.5 Å². The number of benzene rings is 3. The van der Waals surface area contributed by atoms with Crippen molar-refractivity contribution in [3.63, 3.8) is 0 Å². The van der Waals surface area contributed by atoms with E-state index < -0.39 is 21.9 Å². The number of rotatable bonds is 8. The molecule has 11 heteroatoms. The van der Waals surface area contributed by atoms with Gasteiger partial charge in [0, 0.05) is 32.7 Å². The van der Waals surface area contributed by atoms with Crippen molar-refractivity contribution in [2.75, 3.05) is 50.0 Å². The van der Waals surface area contributed by atoms with E-state index >= 15 is 0 Å². The number of hydrogen-bond acceptors (Lipinski definition) is 5. The van der Waals surface area contributed by atoms with Gasteiger partial charge >= 0.3 is 10.2 Å². The van der Waals surface area contributed by atoms with Crippen LogP contribution in [0.25, 0.3) is 0 Å². The fourth-order valence-electron chi connectivity index (χ4n) is 3.98. The molecule has 0 saturated carbocycles. The van der Waals surface area contributed by atoms with Crippen LogP contribution in [0, 0.1) is 5.82 Å². The van der Waals surface area contributed by atoms with E-state index in [1.165, 1.54) is 32.3 Å². The summed E-state index contributed by atoms with van der Waals surface area (Å²) < 4.78 is 47.7. The third-order valence-corrected chi connectivity index (χ3v) is 7.91. The summed E-state index contributed by atoms with van der Waals surface area (Å²) in [5.74, 6) is -1.28. The molecule has 0 radical (unpaired) electrons. The number of ether oxygens (including phenoxy) is 1. The lowest BCUT2D eigenvalue weighted by Gasteiger charge is -2.28. The molecule has 38 heavy (non-hydrogen) atoms. The van der Waals surface area contributed by atoms with Gasteiger partial charge in [-0.1, -0.05) is 36.4 Å². The molecule has 1 fully saturated rings. The second-order valence-electron chi connectivity index (χ2n) is 8.85. The summed E-state index contributed by atoms with van der Waals surface area (Å²) in [6, 6.07) is 18.8. The number of amides is 2. The molecule has 0 atom stereocenters. The maximum atomic E-state index is 14.5. The Hall–Kier alpha value is -3.80. The summed E-state index contributed by atoms with van der Waals surface area (Å²) in [5.41, 5.74) is 1.56. The summed E-state index contributed by atoms with van der Waals surface area (Å²) in [5, 5.41) is 2.80. The number of hydrogen-bond donors (Lipinski definition) is 1. The third-order valence-electron chi connectivity index (χ3n) is 6.11. The fraction of sp³-hybridized carbons (Fsp3) is 0.259. The van der Waals surface area contributed by atoms with E-state index in [2.05, 4.69) is 5.32 Å². The highest BCUT2D eigenvalue weighted by molar-refractivity contribution is 7.90. The average molecular weight is 541 g/mol. The summed E-state index contributed by atoms with van der Waals surface area (Å²) >= 11 is 0. The number of para-hydroxylation sites is 2. The highest BCUT2D eigenvalue weighted by atomic mass is 32.2. The molecule has 3 aromatic rings. The molecule has 0 unspecified atom stereocenters. The van der Waals surface area contributed by atoms with Crippen molar-refractivity contribution in [3.05, 3.63) is 95.3 Å². The van der Waals surface area contributed by atoms with Crippen molar-refractivity contribution in [2.24, 2.45) is 0 Å². The minimum absolute atomic E-state index is 0.0791. The predicted molar refractivity (Wildman–Crippen MR) is 143 cm³/mol. The zero-order valence-corrected chi connectivity index (χ0v) is 21.9. The van der Waals surface area contributed by atoms with Gasteiger partial charge in [-0.05, 0) is 42.0 Å². The topological polar surface area (TPSA) is 99.3 Å². The Bertz CT molecular complexity index is 1410. The molecule has 1 N–H and O–H groups in total. The number of morpholine rings is 1. The average Bonchev–Trinajstić information content (AvgIpc) is 2.93. The monoisotopic (exact) mass is 540 g/mol. The second kappa shape index (κ2) is 11.7. The van der Waals surface area contributed by atoms with Gasteiger partial charge in [-0.2, -0.15) is 12.7 Å². The van der Waals surface area contributed by atoms with Crippen LogP contribution in [0.3, 0.4) is 0 Å². The normalized spacial score (nSPS) is 13.8. The molecule has 1 heterocycles. The molecule has 1 aliphatic heterocycles. The minimum atomic E-state index is -4.00. The van der Waals surface area contributed by atoms with Crippen molar-refractivity contribution in [1.29, 1.82) is 0 Å². The first-order valence-corrected chi connectivity index (χ1v) is 13.4. The standard InChI is InChI=1S/C27H29FN4O5S/c1-30(2)38(35,36)32(25-10-6-4-8-23(25)28)19-20-11-13-21(14-12-20)26(33)29-24-9-5-3-7-22(24)27(34)31-15-17-37-18-16-31/h3-14H,15-19H2,1-2H3,(H,29,33). The third kappa shape index (κ3) is 6.01. The lowest BCUT2D eigenvalue weighted by atomic mass is 10.1. The Balaban J connectivity index is 1.52. The van der Waals surface area contributed by atoms with Crippen molar-refractivity contribution in [3.8, 4) is 0 Å². The fourth-order valence-corrected chi connectivity index (χ4v) is 5.08. The van der Waals surface area contributed by atoms with Crippen molar-refractivity contribution in [1.82, 2.24) is 9.21 Å². The van der Waals surface area contributed by atoms with E-state index in [-0.39, 0.29) is 18.1 Å². The van der Waals surface area contributed by atoms with Crippen LogP contribution in [-0.4, -0.2) is 69.8 Å². The van der Waals surface area contributed by atoms with Crippen molar-refractivity contribution >= 4 is 33.4 Å². The van der Waals surface area contributed by atoms with E-state index in [1.807, 2.05) is 0 Å². The first kappa shape index (κ1) is 27.2. The van der Waals surface area contributed by atoms with Crippen LogP contribution in [0.1, 0.15) is 26.3 Å². The first-order valence-electron chi connectivity index (χ1n) is 12.0. The SMILES string of the molecule is CN(C)S(=O)(=O)N(Cc1ccc(C(=O)Nc2ccccc2C(=O)N2CCOCC2)cc1)c1ccccc1F. The number of carbonyl (C=O) groups is 2. The van der Waals surface area contributed by atoms with Gasteiger partial charge in [-0.15, -0.1) is 0 Å². The molecule has 3 aromatic carbocycles. The summed E-state index contributed by atoms with van der Waals surface area (Å²) in [6.45, 7) is 1.76. The number of carbonyl (C=O) groups excluding carboxylic acids is 2. The lowest BCUT2D eigenvalue weighted by molar-refractivity contribution is 0.0303. The summed E-state index contributed by atoms with van der Waals surface area (Å²) in [7, 11) is -1.25. The van der Waals surface area contributed by atoms with Crippen LogP contribution in [0.2, 0.25) is 0 Å². The maximum absolute atomic E-state index is 14.5. The van der Waals surface area contributed by atoms with Gasteiger partial charge in [-0.3, -0.25) is 13.9 Å². The molecule has 0 aromatic heterocycles. The summed E-state index contributed by atoms with van der Waals surface area (Å²) in [6.07, 6.45) is 0. The lowest BCUT2D eigenvalue weighted by Crippen LogP contribution is -2.41. The minimum Gasteiger partial charge on any atom is -0.378 e. The molecule has 200 valence electrons. The predicted octanol–water partition coefficient (Wildman–Crippen LogP) is 3.36. The van der Waals surface area contributed by atoms with Gasteiger partial charge in [0.1, 0.15) is 5.82 Å². The zero-order chi connectivity index (χ0) is 27.3. The summed E-state index contributed by atoms with van der Waals surface area (Å²) in [4.78, 5) is 27.7. The molecule has 9 nitrogen and oxygen atoms in total. The van der Waals surface area contributed by atoms with Gasteiger partial charge in [0.25, 0.3) is 11.8 Å². The highest BCUT2D eigenvalue weighted by Gasteiger charge is 2.27. The largest absolute Gasteiger partial charge is 0.378 e. The molecule has 0 spiro atoms. The highest BCUT2D eigenvalue weighted by Crippen LogP contribution is 2.26. The number of anilines is 2. The zero-order valence-electron chi connectivity index (χ0n) is 21.1. The number of halogens is 1. The molecule has 1 saturated heterocycles. The Kier molecular flexibility index (Phi) is 8.40. The van der Waals surface area contributed by atoms with Gasteiger partial charge < -0.3 is 15.0 Å². The van der Waals surface area contributed by atoms with Gasteiger partial charge in [0.15, 0.2) is 0 Å². The van der Waals surface area contributed by atoms with E-state index in [9.17, 15) is 22.4 Å². The molecule has 1 aliphatic rings. The van der Waals surface area contributed by atoms with Gasteiger partial charge in [0.05, 0.1) is 36.7 Å². The quantitative estimate of drug-likeness (QED) is 0.473. The van der Waals surface area contributed by atoms with E-state index in [4.69, 9.17) is 4.74 Å². The van der Waals surface area contributed by atoms with E-state index in [0.29, 0.717) is 48.7 Å². The molecule has 4 rings (SSSR count). The van der Waals surface area contributed by atoms with Gasteiger partial charge in [-0.25, -0.2) is 4.39 Å². The number of nitrogens with one attached hydrogen (secondary N) is 1. The Morgan fingerprint density at radius 3 is 2.24 bits per heavy atom. The van der Waals surface area contributed by atoms with Crippen LogP contribution in [0.5, 0.6) is 0 Å². The van der Waals surface area contributed by atoms with Crippen molar-refractivity contribution < 1.29 is 27.1 Å². The van der Waals surface area contributed by atoms with Crippen LogP contribution in [-0.2, 0) is 21.5 Å². The maximum Gasteiger partial charge on any atom is 0.303 e. The molecule has 2 amide bonds. The Labute approximate surface area is 221 Å². The van der Waals surface area contributed by atoms with E-state index in [0.717, 1.165) is 8.61 Å². The molecular formula is C27H29FN4O5S. The molecular weight excluding hydrogens is 511 g/mol.